The van der Waals surface area contributed by atoms with Crippen LogP contribution in [0.1, 0.15) is 20.8 Å². The number of rotatable bonds is 2. The Balaban J connectivity index is 2.08. The number of hydrogen-bond acceptors (Lipinski definition) is 4. The minimum absolute atomic E-state index is 0.0323. The van der Waals surface area contributed by atoms with Crippen LogP contribution in [0.4, 0.5) is 0 Å². The molecule has 6 heteroatoms. The van der Waals surface area contributed by atoms with Crippen LogP contribution in [-0.4, -0.2) is 84.5 Å². The molecular weight excluding hydrogens is 258 g/mol. The fraction of sp³-hybridized carbons (Fsp3) is 0.857. The van der Waals surface area contributed by atoms with E-state index in [4.69, 9.17) is 4.74 Å². The molecule has 0 N–H and O–H groups in total. The zero-order valence-electron chi connectivity index (χ0n) is 12.9. The number of hydrogen-bond donors (Lipinski definition) is 0. The highest BCUT2D eigenvalue weighted by atomic mass is 16.5. The molecular formula is C14H25N3O3. The Bertz CT molecular complexity index is 397. The summed E-state index contributed by atoms with van der Waals surface area (Å²) in [7, 11) is 1.54. The molecule has 0 aromatic rings. The highest BCUT2D eigenvalue weighted by molar-refractivity contribution is 5.77. The first-order valence-corrected chi connectivity index (χ1v) is 7.14. The van der Waals surface area contributed by atoms with Crippen molar-refractivity contribution >= 4 is 11.8 Å². The highest BCUT2D eigenvalue weighted by Crippen LogP contribution is 2.28. The van der Waals surface area contributed by atoms with Gasteiger partial charge in [0.25, 0.3) is 0 Å². The van der Waals surface area contributed by atoms with Gasteiger partial charge in [-0.3, -0.25) is 14.5 Å². The lowest BCUT2D eigenvalue weighted by molar-refractivity contribution is -0.147. The van der Waals surface area contributed by atoms with Gasteiger partial charge in [0.2, 0.25) is 11.8 Å². The number of amides is 2. The van der Waals surface area contributed by atoms with Crippen LogP contribution >= 0.6 is 0 Å². The van der Waals surface area contributed by atoms with Gasteiger partial charge in [0.05, 0.1) is 0 Å². The molecule has 6 nitrogen and oxygen atoms in total. The normalized spacial score (nSPS) is 26.3. The van der Waals surface area contributed by atoms with E-state index < -0.39 is 0 Å². The summed E-state index contributed by atoms with van der Waals surface area (Å²) >= 11 is 0. The number of fused-ring (bicyclic) bond motifs is 1. The van der Waals surface area contributed by atoms with Crippen molar-refractivity contribution in [3.8, 4) is 0 Å². The van der Waals surface area contributed by atoms with Gasteiger partial charge in [0.15, 0.2) is 0 Å². The van der Waals surface area contributed by atoms with E-state index in [-0.39, 0.29) is 30.0 Å². The summed E-state index contributed by atoms with van der Waals surface area (Å²) in [6, 6.07) is 0.220. The maximum Gasteiger partial charge on any atom is 0.248 e. The molecule has 114 valence electrons. The number of methoxy groups -OCH3 is 1. The molecule has 0 aromatic carbocycles. The number of ether oxygens (including phenoxy) is 1. The van der Waals surface area contributed by atoms with Crippen LogP contribution in [0.5, 0.6) is 0 Å². The van der Waals surface area contributed by atoms with Crippen molar-refractivity contribution < 1.29 is 14.3 Å². The van der Waals surface area contributed by atoms with Gasteiger partial charge < -0.3 is 14.5 Å². The quantitative estimate of drug-likeness (QED) is 0.703. The average Bonchev–Trinajstić information content (AvgIpc) is 2.37. The van der Waals surface area contributed by atoms with Crippen molar-refractivity contribution in [3.63, 3.8) is 0 Å². The van der Waals surface area contributed by atoms with Crippen molar-refractivity contribution in [2.24, 2.45) is 0 Å². The third-order valence-electron chi connectivity index (χ3n) is 4.34. The first-order valence-electron chi connectivity index (χ1n) is 7.14. The Morgan fingerprint density at radius 1 is 1.20 bits per heavy atom. The Kier molecular flexibility index (Phi) is 4.34. The topological polar surface area (TPSA) is 53.1 Å². The third-order valence-corrected chi connectivity index (χ3v) is 4.34. The second-order valence-electron chi connectivity index (χ2n) is 6.33. The first kappa shape index (κ1) is 15.3. The predicted molar refractivity (Wildman–Crippen MR) is 75.3 cm³/mol. The molecule has 0 spiro atoms. The summed E-state index contributed by atoms with van der Waals surface area (Å²) in [5.74, 6) is 0.142. The predicted octanol–water partition coefficient (Wildman–Crippen LogP) is -0.214. The molecule has 2 rings (SSSR count). The molecule has 0 aliphatic carbocycles. The number of carbonyl (C=O) groups is 2. The lowest BCUT2D eigenvalue weighted by atomic mass is 9.92. The second kappa shape index (κ2) is 5.69. The molecule has 0 bridgehead atoms. The maximum atomic E-state index is 12.0. The fourth-order valence-corrected chi connectivity index (χ4v) is 3.37. The summed E-state index contributed by atoms with van der Waals surface area (Å²) in [6.45, 7) is 9.81. The minimum Gasteiger partial charge on any atom is -0.375 e. The van der Waals surface area contributed by atoms with Crippen LogP contribution in [0.25, 0.3) is 0 Å². The van der Waals surface area contributed by atoms with E-state index in [1.807, 2.05) is 9.80 Å². The summed E-state index contributed by atoms with van der Waals surface area (Å²) in [5, 5.41) is 0. The minimum atomic E-state index is -0.0367. The van der Waals surface area contributed by atoms with Gasteiger partial charge in [-0.2, -0.15) is 0 Å². The van der Waals surface area contributed by atoms with E-state index in [0.717, 1.165) is 19.6 Å². The van der Waals surface area contributed by atoms with Crippen LogP contribution in [0, 0.1) is 0 Å². The molecule has 2 heterocycles. The van der Waals surface area contributed by atoms with Crippen LogP contribution in [0.15, 0.2) is 0 Å². The van der Waals surface area contributed by atoms with Crippen LogP contribution in [-0.2, 0) is 14.3 Å². The molecule has 0 radical (unpaired) electrons. The van der Waals surface area contributed by atoms with Crippen LogP contribution in [0.2, 0.25) is 0 Å². The van der Waals surface area contributed by atoms with Gasteiger partial charge in [0.1, 0.15) is 6.61 Å². The maximum absolute atomic E-state index is 12.0. The van der Waals surface area contributed by atoms with Crippen LogP contribution < -0.4 is 0 Å². The van der Waals surface area contributed by atoms with Crippen molar-refractivity contribution in [2.75, 3.05) is 46.4 Å². The average molecular weight is 283 g/mol. The van der Waals surface area contributed by atoms with Gasteiger partial charge >= 0.3 is 0 Å². The fourth-order valence-electron chi connectivity index (χ4n) is 3.37. The summed E-state index contributed by atoms with van der Waals surface area (Å²) in [5.41, 5.74) is -0.0367. The van der Waals surface area contributed by atoms with Crippen molar-refractivity contribution in [1.82, 2.24) is 14.7 Å². The molecule has 2 saturated heterocycles. The van der Waals surface area contributed by atoms with Crippen LogP contribution in [0.3, 0.4) is 0 Å². The summed E-state index contributed by atoms with van der Waals surface area (Å²) < 4.78 is 4.92. The largest absolute Gasteiger partial charge is 0.375 e. The summed E-state index contributed by atoms with van der Waals surface area (Å²) in [4.78, 5) is 29.8. The molecule has 2 fully saturated rings. The van der Waals surface area contributed by atoms with Gasteiger partial charge in [-0.1, -0.05) is 0 Å². The Morgan fingerprint density at radius 3 is 2.45 bits per heavy atom. The zero-order chi connectivity index (χ0) is 14.9. The van der Waals surface area contributed by atoms with Crippen molar-refractivity contribution in [3.05, 3.63) is 0 Å². The Hall–Kier alpha value is -1.14. The SMILES string of the molecule is COCC(=O)N1CCN2C(CN(C(C)=O)CC2(C)C)C1. The number of nitrogens with zero attached hydrogens (tertiary/aromatic N) is 3. The Labute approximate surface area is 120 Å². The van der Waals surface area contributed by atoms with Gasteiger partial charge in [-0.15, -0.1) is 0 Å². The number of carbonyl (C=O) groups excluding carboxylic acids is 2. The van der Waals surface area contributed by atoms with E-state index in [9.17, 15) is 9.59 Å². The third kappa shape index (κ3) is 2.96. The molecule has 1 atom stereocenters. The molecule has 1 unspecified atom stereocenters. The lowest BCUT2D eigenvalue weighted by Crippen LogP contribution is -2.70. The standard InChI is InChI=1S/C14H25N3O3/c1-11(18)16-8-12-7-15(13(19)9-20-4)5-6-17(12)14(2,3)10-16/h12H,5-10H2,1-4H3. The zero-order valence-corrected chi connectivity index (χ0v) is 12.9. The molecule has 20 heavy (non-hydrogen) atoms. The summed E-state index contributed by atoms with van der Waals surface area (Å²) in [6.07, 6.45) is 0. The molecule has 0 aromatic heterocycles. The van der Waals surface area contributed by atoms with Crippen molar-refractivity contribution in [1.29, 1.82) is 0 Å². The van der Waals surface area contributed by atoms with E-state index in [1.165, 1.54) is 7.11 Å². The second-order valence-corrected chi connectivity index (χ2v) is 6.33. The van der Waals surface area contributed by atoms with Gasteiger partial charge in [0, 0.05) is 58.3 Å². The monoisotopic (exact) mass is 283 g/mol. The van der Waals surface area contributed by atoms with Gasteiger partial charge in [-0.05, 0) is 13.8 Å². The first-order chi connectivity index (χ1) is 9.35. The molecule has 2 aliphatic heterocycles. The highest BCUT2D eigenvalue weighted by Gasteiger charge is 2.43. The van der Waals surface area contributed by atoms with E-state index in [2.05, 4.69) is 18.7 Å². The lowest BCUT2D eigenvalue weighted by Gasteiger charge is -2.55. The molecule has 2 amide bonds. The van der Waals surface area contributed by atoms with E-state index >= 15 is 0 Å². The van der Waals surface area contributed by atoms with E-state index in [0.29, 0.717) is 13.1 Å². The van der Waals surface area contributed by atoms with Crippen molar-refractivity contribution in [2.45, 2.75) is 32.4 Å². The molecule has 2 aliphatic rings. The smallest absolute Gasteiger partial charge is 0.248 e. The Morgan fingerprint density at radius 2 is 1.85 bits per heavy atom. The van der Waals surface area contributed by atoms with Gasteiger partial charge in [-0.25, -0.2) is 0 Å². The molecule has 0 saturated carbocycles. The van der Waals surface area contributed by atoms with E-state index in [1.54, 1.807) is 6.92 Å². The number of piperazine rings is 2.